The molecular formula is C12H20N2. The summed E-state index contributed by atoms with van der Waals surface area (Å²) in [5, 5.41) is 3.28. The first kappa shape index (κ1) is 9.78. The van der Waals surface area contributed by atoms with E-state index in [0.717, 1.165) is 12.5 Å². The van der Waals surface area contributed by atoms with Crippen LogP contribution in [0, 0.1) is 0 Å². The Kier molecular flexibility index (Phi) is 2.64. The molecule has 0 amide bonds. The lowest BCUT2D eigenvalue weighted by molar-refractivity contribution is 0.580. The smallest absolute Gasteiger partial charge is 0.0274 e. The lowest BCUT2D eigenvalue weighted by Crippen LogP contribution is -2.15. The van der Waals surface area contributed by atoms with Crippen LogP contribution in [0.5, 0.6) is 0 Å². The molecule has 0 radical (unpaired) electrons. The van der Waals surface area contributed by atoms with Crippen molar-refractivity contribution in [3.05, 3.63) is 23.5 Å². The van der Waals surface area contributed by atoms with Gasteiger partial charge in [-0.15, -0.1) is 0 Å². The van der Waals surface area contributed by atoms with Crippen molar-refractivity contribution in [2.75, 3.05) is 13.6 Å². The van der Waals surface area contributed by atoms with Crippen molar-refractivity contribution < 1.29 is 0 Å². The molecule has 1 atom stereocenters. The largest absolute Gasteiger partial charge is 0.351 e. The Morgan fingerprint density at radius 3 is 2.93 bits per heavy atom. The summed E-state index contributed by atoms with van der Waals surface area (Å²) in [4.78, 5) is 0. The van der Waals surface area contributed by atoms with Crippen LogP contribution in [0.3, 0.4) is 0 Å². The third-order valence-electron chi connectivity index (χ3n) is 3.21. The van der Waals surface area contributed by atoms with E-state index in [-0.39, 0.29) is 0 Å². The number of fused-ring (bicyclic) bond motifs is 1. The first-order valence-corrected chi connectivity index (χ1v) is 5.57. The Balaban J connectivity index is 2.21. The predicted molar refractivity (Wildman–Crippen MR) is 59.8 cm³/mol. The number of hydrogen-bond donors (Lipinski definition) is 1. The molecule has 14 heavy (non-hydrogen) atoms. The van der Waals surface area contributed by atoms with Crippen molar-refractivity contribution in [3.8, 4) is 0 Å². The molecule has 0 fully saturated rings. The Morgan fingerprint density at radius 2 is 2.29 bits per heavy atom. The Labute approximate surface area is 86.3 Å². The second kappa shape index (κ2) is 3.77. The summed E-state index contributed by atoms with van der Waals surface area (Å²) in [6.07, 6.45) is 7.26. The molecule has 2 heteroatoms. The van der Waals surface area contributed by atoms with Gasteiger partial charge in [0.05, 0.1) is 0 Å². The van der Waals surface area contributed by atoms with Crippen molar-refractivity contribution in [3.63, 3.8) is 0 Å². The number of nitrogens with zero attached hydrogens (tertiary/aromatic N) is 1. The average Bonchev–Trinajstić information content (AvgIpc) is 2.67. The van der Waals surface area contributed by atoms with E-state index in [1.54, 1.807) is 11.1 Å². The number of rotatable bonds is 3. The van der Waals surface area contributed by atoms with Crippen molar-refractivity contribution in [2.45, 2.75) is 38.6 Å². The lowest BCUT2D eigenvalue weighted by Gasteiger charge is -2.10. The van der Waals surface area contributed by atoms with Crippen molar-refractivity contribution >= 4 is 0 Å². The standard InChI is InChI=1S/C12H20N2/c1-9(2)14-7-11-5-4-10(6-13-3)12(11)8-14/h7-10,13H,4-6H2,1-3H3. The van der Waals surface area contributed by atoms with Gasteiger partial charge < -0.3 is 9.88 Å². The van der Waals surface area contributed by atoms with Crippen LogP contribution in [0.1, 0.15) is 43.4 Å². The topological polar surface area (TPSA) is 17.0 Å². The van der Waals surface area contributed by atoms with Gasteiger partial charge in [-0.2, -0.15) is 0 Å². The highest BCUT2D eigenvalue weighted by Crippen LogP contribution is 2.34. The van der Waals surface area contributed by atoms with Gasteiger partial charge in [-0.1, -0.05) is 0 Å². The summed E-state index contributed by atoms with van der Waals surface area (Å²) >= 11 is 0. The molecule has 1 N–H and O–H groups in total. The molecule has 1 aliphatic rings. The van der Waals surface area contributed by atoms with Crippen LogP contribution >= 0.6 is 0 Å². The SMILES string of the molecule is CNCC1CCc2cn(C(C)C)cc21. The fourth-order valence-electron chi connectivity index (χ4n) is 2.35. The maximum Gasteiger partial charge on any atom is 0.0274 e. The van der Waals surface area contributed by atoms with Crippen LogP contribution < -0.4 is 5.32 Å². The van der Waals surface area contributed by atoms with Gasteiger partial charge in [-0.05, 0) is 50.8 Å². The maximum atomic E-state index is 3.28. The van der Waals surface area contributed by atoms with Gasteiger partial charge in [0, 0.05) is 25.0 Å². The van der Waals surface area contributed by atoms with E-state index in [1.807, 2.05) is 7.05 Å². The van der Waals surface area contributed by atoms with E-state index in [1.165, 1.54) is 12.8 Å². The zero-order valence-corrected chi connectivity index (χ0v) is 9.38. The maximum absolute atomic E-state index is 3.28. The lowest BCUT2D eigenvalue weighted by atomic mass is 10.1. The van der Waals surface area contributed by atoms with E-state index >= 15 is 0 Å². The summed E-state index contributed by atoms with van der Waals surface area (Å²) in [6, 6.07) is 0.593. The molecule has 1 aromatic heterocycles. The molecule has 0 saturated heterocycles. The van der Waals surface area contributed by atoms with Gasteiger partial charge >= 0.3 is 0 Å². The highest BCUT2D eigenvalue weighted by molar-refractivity contribution is 5.33. The highest BCUT2D eigenvalue weighted by Gasteiger charge is 2.23. The molecule has 1 aliphatic carbocycles. The van der Waals surface area contributed by atoms with Gasteiger partial charge in [-0.25, -0.2) is 0 Å². The first-order chi connectivity index (χ1) is 6.72. The molecule has 0 bridgehead atoms. The van der Waals surface area contributed by atoms with Crippen LogP contribution in [-0.2, 0) is 6.42 Å². The molecule has 1 aromatic rings. The van der Waals surface area contributed by atoms with Gasteiger partial charge in [0.15, 0.2) is 0 Å². The molecule has 2 nitrogen and oxygen atoms in total. The van der Waals surface area contributed by atoms with Gasteiger partial charge in [0.1, 0.15) is 0 Å². The fraction of sp³-hybridized carbons (Fsp3) is 0.667. The molecule has 78 valence electrons. The Bertz CT molecular complexity index is 312. The molecule has 0 aromatic carbocycles. The zero-order chi connectivity index (χ0) is 10.1. The minimum Gasteiger partial charge on any atom is -0.351 e. The number of aryl methyl sites for hydroxylation is 1. The van der Waals surface area contributed by atoms with Crippen molar-refractivity contribution in [1.82, 2.24) is 9.88 Å². The van der Waals surface area contributed by atoms with Crippen molar-refractivity contribution in [2.24, 2.45) is 0 Å². The van der Waals surface area contributed by atoms with Crippen LogP contribution in [-0.4, -0.2) is 18.2 Å². The normalized spacial score (nSPS) is 20.4. The van der Waals surface area contributed by atoms with Crippen LogP contribution in [0.15, 0.2) is 12.4 Å². The van der Waals surface area contributed by atoms with Gasteiger partial charge in [-0.3, -0.25) is 0 Å². The minimum absolute atomic E-state index is 0.593. The number of likely N-dealkylation sites (N-methyl/N-ethyl adjacent to an activating group) is 1. The predicted octanol–water partition coefficient (Wildman–Crippen LogP) is 2.32. The molecule has 0 saturated carbocycles. The Morgan fingerprint density at radius 1 is 1.50 bits per heavy atom. The van der Waals surface area contributed by atoms with E-state index in [0.29, 0.717) is 6.04 Å². The quantitative estimate of drug-likeness (QED) is 0.777. The van der Waals surface area contributed by atoms with Crippen molar-refractivity contribution in [1.29, 1.82) is 0 Å². The average molecular weight is 192 g/mol. The summed E-state index contributed by atoms with van der Waals surface area (Å²) in [7, 11) is 2.04. The summed E-state index contributed by atoms with van der Waals surface area (Å²) < 4.78 is 2.34. The molecule has 1 unspecified atom stereocenters. The molecule has 0 aliphatic heterocycles. The Hall–Kier alpha value is -0.760. The van der Waals surface area contributed by atoms with Crippen LogP contribution in [0.2, 0.25) is 0 Å². The molecular weight excluding hydrogens is 172 g/mol. The number of hydrogen-bond acceptors (Lipinski definition) is 1. The second-order valence-electron chi connectivity index (χ2n) is 4.57. The monoisotopic (exact) mass is 192 g/mol. The van der Waals surface area contributed by atoms with E-state index in [2.05, 4.69) is 36.1 Å². The first-order valence-electron chi connectivity index (χ1n) is 5.57. The highest BCUT2D eigenvalue weighted by atomic mass is 15.0. The van der Waals surface area contributed by atoms with E-state index in [4.69, 9.17) is 0 Å². The van der Waals surface area contributed by atoms with E-state index in [9.17, 15) is 0 Å². The van der Waals surface area contributed by atoms with Crippen LogP contribution in [0.4, 0.5) is 0 Å². The van der Waals surface area contributed by atoms with Gasteiger partial charge in [0.2, 0.25) is 0 Å². The minimum atomic E-state index is 0.593. The summed E-state index contributed by atoms with van der Waals surface area (Å²) in [5.74, 6) is 0.745. The molecule has 1 heterocycles. The fourth-order valence-corrected chi connectivity index (χ4v) is 2.35. The summed E-state index contributed by atoms with van der Waals surface area (Å²) in [5.41, 5.74) is 3.15. The number of aromatic nitrogens is 1. The number of nitrogens with one attached hydrogen (secondary N) is 1. The van der Waals surface area contributed by atoms with Gasteiger partial charge in [0.25, 0.3) is 0 Å². The van der Waals surface area contributed by atoms with Crippen LogP contribution in [0.25, 0.3) is 0 Å². The van der Waals surface area contributed by atoms with E-state index < -0.39 is 0 Å². The molecule has 2 rings (SSSR count). The second-order valence-corrected chi connectivity index (χ2v) is 4.57. The molecule has 0 spiro atoms. The third kappa shape index (κ3) is 1.59. The third-order valence-corrected chi connectivity index (χ3v) is 3.21. The zero-order valence-electron chi connectivity index (χ0n) is 9.38. The summed E-state index contributed by atoms with van der Waals surface area (Å²) in [6.45, 7) is 5.60.